The zero-order chi connectivity index (χ0) is 26.2. The zero-order valence-electron chi connectivity index (χ0n) is 21.6. The number of amides is 2. The lowest BCUT2D eigenvalue weighted by molar-refractivity contribution is -0.140. The van der Waals surface area contributed by atoms with Crippen LogP contribution in [0.15, 0.2) is 54.6 Å². The van der Waals surface area contributed by atoms with Crippen LogP contribution in [0.4, 0.5) is 5.69 Å². The Hall–Kier alpha value is -2.91. The number of aryl methyl sites for hydroxylation is 1. The van der Waals surface area contributed by atoms with Gasteiger partial charge in [-0.2, -0.15) is 12.7 Å². The fraction of sp³-hybridized carbons (Fsp3) is 0.462. The summed E-state index contributed by atoms with van der Waals surface area (Å²) in [4.78, 5) is 28.4. The Morgan fingerprint density at radius 3 is 2.06 bits per heavy atom. The number of carbonyl (C=O) groups is 2. The number of hydrogen-bond donors (Lipinski definition) is 1. The van der Waals surface area contributed by atoms with Crippen LogP contribution in [-0.2, 0) is 26.3 Å². The molecule has 0 heterocycles. The van der Waals surface area contributed by atoms with E-state index in [-0.39, 0.29) is 18.5 Å². The minimum atomic E-state index is -3.96. The Balaban J connectivity index is 2.46. The third kappa shape index (κ3) is 7.53. The average Bonchev–Trinajstić information content (AvgIpc) is 2.83. The summed E-state index contributed by atoms with van der Waals surface area (Å²) in [7, 11) is -1.11. The minimum absolute atomic E-state index is 0.0391. The average molecular weight is 503 g/mol. The first-order valence-corrected chi connectivity index (χ1v) is 13.3. The second kappa shape index (κ2) is 12.7. The van der Waals surface area contributed by atoms with Gasteiger partial charge in [0.1, 0.15) is 12.6 Å². The fourth-order valence-electron chi connectivity index (χ4n) is 3.56. The molecule has 9 heteroatoms. The van der Waals surface area contributed by atoms with Gasteiger partial charge in [0, 0.05) is 26.7 Å². The molecule has 2 aromatic rings. The minimum Gasteiger partial charge on any atom is -0.352 e. The molecule has 2 aromatic carbocycles. The molecule has 192 valence electrons. The molecule has 0 radical (unpaired) electrons. The molecular weight excluding hydrogens is 464 g/mol. The van der Waals surface area contributed by atoms with Crippen LogP contribution in [-0.4, -0.2) is 62.2 Å². The van der Waals surface area contributed by atoms with Crippen molar-refractivity contribution in [2.75, 3.05) is 24.9 Å². The molecule has 0 aliphatic rings. The van der Waals surface area contributed by atoms with Crippen molar-refractivity contribution >= 4 is 27.7 Å². The third-order valence-corrected chi connectivity index (χ3v) is 7.74. The molecule has 0 aliphatic heterocycles. The molecule has 1 N–H and O–H groups in total. The van der Waals surface area contributed by atoms with Crippen LogP contribution in [0.1, 0.15) is 44.7 Å². The van der Waals surface area contributed by atoms with Crippen molar-refractivity contribution in [1.82, 2.24) is 14.5 Å². The molecule has 0 fully saturated rings. The molecule has 0 bridgehead atoms. The summed E-state index contributed by atoms with van der Waals surface area (Å²) >= 11 is 0. The van der Waals surface area contributed by atoms with Crippen LogP contribution in [0.2, 0.25) is 0 Å². The van der Waals surface area contributed by atoms with Gasteiger partial charge in [-0.3, -0.25) is 9.59 Å². The predicted octanol–water partition coefficient (Wildman–Crippen LogP) is 3.33. The van der Waals surface area contributed by atoms with E-state index in [1.807, 2.05) is 52.0 Å². The molecule has 2 amide bonds. The summed E-state index contributed by atoms with van der Waals surface area (Å²) in [5.41, 5.74) is 2.32. The highest BCUT2D eigenvalue weighted by Crippen LogP contribution is 2.21. The van der Waals surface area contributed by atoms with Gasteiger partial charge in [-0.1, -0.05) is 61.9 Å². The van der Waals surface area contributed by atoms with Gasteiger partial charge in [-0.15, -0.1) is 0 Å². The molecular formula is C26H38N4O4S. The van der Waals surface area contributed by atoms with Crippen LogP contribution >= 0.6 is 0 Å². The van der Waals surface area contributed by atoms with E-state index in [0.717, 1.165) is 26.2 Å². The summed E-state index contributed by atoms with van der Waals surface area (Å²) in [5, 5.41) is 2.97. The normalized spacial score (nSPS) is 13.2. The predicted molar refractivity (Wildman–Crippen MR) is 140 cm³/mol. The Kier molecular flexibility index (Phi) is 10.3. The number of rotatable bonds is 12. The van der Waals surface area contributed by atoms with E-state index in [2.05, 4.69) is 5.32 Å². The lowest BCUT2D eigenvalue weighted by Gasteiger charge is -2.34. The Labute approximate surface area is 210 Å². The van der Waals surface area contributed by atoms with Gasteiger partial charge in [0.2, 0.25) is 11.8 Å². The quantitative estimate of drug-likeness (QED) is 0.482. The monoisotopic (exact) mass is 502 g/mol. The number of hydrogen-bond acceptors (Lipinski definition) is 4. The van der Waals surface area contributed by atoms with E-state index in [4.69, 9.17) is 0 Å². The topological polar surface area (TPSA) is 90.0 Å². The second-order valence-corrected chi connectivity index (χ2v) is 10.9. The summed E-state index contributed by atoms with van der Waals surface area (Å²) < 4.78 is 28.4. The van der Waals surface area contributed by atoms with Crippen molar-refractivity contribution in [3.8, 4) is 0 Å². The van der Waals surface area contributed by atoms with Gasteiger partial charge < -0.3 is 10.2 Å². The fourth-order valence-corrected chi connectivity index (χ4v) is 4.62. The van der Waals surface area contributed by atoms with Crippen LogP contribution in [0, 0.1) is 6.92 Å². The Bertz CT molecular complexity index is 1070. The number of carbonyl (C=O) groups excluding carboxylic acids is 2. The van der Waals surface area contributed by atoms with Gasteiger partial charge >= 0.3 is 10.2 Å². The van der Waals surface area contributed by atoms with Crippen molar-refractivity contribution in [2.24, 2.45) is 0 Å². The summed E-state index contributed by atoms with van der Waals surface area (Å²) in [5.74, 6) is -0.699. The van der Waals surface area contributed by atoms with E-state index < -0.39 is 28.7 Å². The standard InChI is InChI=1S/C26H38N4O4S/c1-7-21(4)27-26(32)24(8-2)29(18-22-16-14-20(3)15-17-22)25(31)19-30(35(33,34)28(5)6)23-12-10-9-11-13-23/h9-17,21,24H,7-8,18-19H2,1-6H3,(H,27,32)/t21-,24+/m1/s1. The largest absolute Gasteiger partial charge is 0.352 e. The summed E-state index contributed by atoms with van der Waals surface area (Å²) in [6.45, 7) is 7.48. The van der Waals surface area contributed by atoms with E-state index in [1.165, 1.54) is 19.0 Å². The highest BCUT2D eigenvalue weighted by molar-refractivity contribution is 7.90. The van der Waals surface area contributed by atoms with Gasteiger partial charge in [0.05, 0.1) is 5.69 Å². The highest BCUT2D eigenvalue weighted by atomic mass is 32.2. The first-order chi connectivity index (χ1) is 16.5. The maximum absolute atomic E-state index is 13.7. The maximum Gasteiger partial charge on any atom is 0.304 e. The van der Waals surface area contributed by atoms with Crippen LogP contribution < -0.4 is 9.62 Å². The van der Waals surface area contributed by atoms with E-state index in [1.54, 1.807) is 30.3 Å². The van der Waals surface area contributed by atoms with Crippen molar-refractivity contribution < 1.29 is 18.0 Å². The molecule has 0 saturated carbocycles. The van der Waals surface area contributed by atoms with Crippen molar-refractivity contribution in [3.05, 3.63) is 65.7 Å². The number of nitrogens with one attached hydrogen (secondary N) is 1. The second-order valence-electron chi connectivity index (χ2n) is 8.88. The molecule has 0 unspecified atom stereocenters. The van der Waals surface area contributed by atoms with Crippen LogP contribution in [0.25, 0.3) is 0 Å². The first-order valence-electron chi connectivity index (χ1n) is 11.9. The molecule has 2 atom stereocenters. The maximum atomic E-state index is 13.7. The SMILES string of the molecule is CC[C@@H](C)NC(=O)[C@H](CC)N(Cc1ccc(C)cc1)C(=O)CN(c1ccccc1)S(=O)(=O)N(C)C. The van der Waals surface area contributed by atoms with Crippen molar-refractivity contribution in [2.45, 2.75) is 59.2 Å². The lowest BCUT2D eigenvalue weighted by Crippen LogP contribution is -2.54. The number of para-hydroxylation sites is 1. The van der Waals surface area contributed by atoms with Gasteiger partial charge in [-0.25, -0.2) is 4.31 Å². The highest BCUT2D eigenvalue weighted by Gasteiger charge is 2.33. The van der Waals surface area contributed by atoms with Crippen molar-refractivity contribution in [1.29, 1.82) is 0 Å². The Morgan fingerprint density at radius 1 is 0.943 bits per heavy atom. The third-order valence-electron chi connectivity index (χ3n) is 5.92. The van der Waals surface area contributed by atoms with Crippen LogP contribution in [0.3, 0.4) is 0 Å². The summed E-state index contributed by atoms with van der Waals surface area (Å²) in [6, 6.07) is 15.5. The van der Waals surface area contributed by atoms with E-state index >= 15 is 0 Å². The zero-order valence-corrected chi connectivity index (χ0v) is 22.4. The molecule has 0 aromatic heterocycles. The smallest absolute Gasteiger partial charge is 0.304 e. The first kappa shape index (κ1) is 28.3. The van der Waals surface area contributed by atoms with E-state index in [0.29, 0.717) is 12.1 Å². The molecule has 0 spiro atoms. The van der Waals surface area contributed by atoms with Crippen LogP contribution in [0.5, 0.6) is 0 Å². The van der Waals surface area contributed by atoms with Crippen molar-refractivity contribution in [3.63, 3.8) is 0 Å². The summed E-state index contributed by atoms with van der Waals surface area (Å²) in [6.07, 6.45) is 1.16. The van der Waals surface area contributed by atoms with Gasteiger partial charge in [0.15, 0.2) is 0 Å². The number of anilines is 1. The number of benzene rings is 2. The molecule has 0 aliphatic carbocycles. The molecule has 8 nitrogen and oxygen atoms in total. The van der Waals surface area contributed by atoms with E-state index in [9.17, 15) is 18.0 Å². The molecule has 35 heavy (non-hydrogen) atoms. The Morgan fingerprint density at radius 2 is 1.54 bits per heavy atom. The molecule has 0 saturated heterocycles. The van der Waals surface area contributed by atoms with Gasteiger partial charge in [0.25, 0.3) is 0 Å². The number of nitrogens with zero attached hydrogens (tertiary/aromatic N) is 3. The van der Waals surface area contributed by atoms with Gasteiger partial charge in [-0.05, 0) is 44.4 Å². The molecule has 2 rings (SSSR count). The lowest BCUT2D eigenvalue weighted by atomic mass is 10.1.